The molecule has 5 rings (SSSR count). The van der Waals surface area contributed by atoms with Crippen molar-refractivity contribution in [3.63, 3.8) is 0 Å². The Kier molecular flexibility index (Phi) is 6.40. The highest BCUT2D eigenvalue weighted by Crippen LogP contribution is 2.54. The van der Waals surface area contributed by atoms with Crippen molar-refractivity contribution in [2.24, 2.45) is 5.41 Å². The van der Waals surface area contributed by atoms with Gasteiger partial charge in [-0.15, -0.1) is 0 Å². The Hall–Kier alpha value is -2.42. The maximum absolute atomic E-state index is 13.6. The monoisotopic (exact) mass is 546 g/mol. The summed E-state index contributed by atoms with van der Waals surface area (Å²) in [5.41, 5.74) is 2.63. The summed E-state index contributed by atoms with van der Waals surface area (Å²) in [5.74, 6) is -3.06. The van der Waals surface area contributed by atoms with E-state index < -0.39 is 11.7 Å². The molecule has 35 heavy (non-hydrogen) atoms. The average molecular weight is 547 g/mol. The van der Waals surface area contributed by atoms with E-state index >= 15 is 0 Å². The molecule has 1 saturated carbocycles. The quantitative estimate of drug-likeness (QED) is 0.346. The molecule has 1 spiro atoms. The molecule has 0 amide bonds. The number of hydrogen-bond donors (Lipinski definition) is 0. The van der Waals surface area contributed by atoms with Crippen LogP contribution in [0.2, 0.25) is 0 Å². The van der Waals surface area contributed by atoms with Crippen LogP contribution in [0, 0.1) is 12.3 Å². The fourth-order valence-corrected chi connectivity index (χ4v) is 5.45. The van der Waals surface area contributed by atoms with Crippen LogP contribution in [-0.4, -0.2) is 53.6 Å². The van der Waals surface area contributed by atoms with Crippen molar-refractivity contribution in [3.8, 4) is 0 Å². The van der Waals surface area contributed by atoms with E-state index in [-0.39, 0.29) is 49.8 Å². The number of anilines is 2. The van der Waals surface area contributed by atoms with E-state index in [1.54, 1.807) is 24.0 Å². The Bertz CT molecular complexity index is 1150. The van der Waals surface area contributed by atoms with Crippen molar-refractivity contribution in [1.29, 1.82) is 0 Å². The van der Waals surface area contributed by atoms with Gasteiger partial charge in [0.25, 0.3) is 5.92 Å². The molecule has 9 heteroatoms. The molecular formula is C26H29BrF2N4O2. The number of hydrogen-bond acceptors (Lipinski definition) is 6. The van der Waals surface area contributed by atoms with Crippen LogP contribution in [0.1, 0.15) is 71.5 Å². The first-order valence-corrected chi connectivity index (χ1v) is 13.0. The van der Waals surface area contributed by atoms with Crippen LogP contribution in [0.4, 0.5) is 20.4 Å². The molecule has 3 aliphatic rings. The maximum atomic E-state index is 13.6. The van der Waals surface area contributed by atoms with Gasteiger partial charge in [0, 0.05) is 60.4 Å². The summed E-state index contributed by atoms with van der Waals surface area (Å²) in [7, 11) is 0. The lowest BCUT2D eigenvalue weighted by atomic mass is 9.92. The van der Waals surface area contributed by atoms with Gasteiger partial charge in [-0.25, -0.2) is 18.7 Å². The number of Topliss-reactive ketones (excluding diaryl/α,β-unsaturated/α-hetero) is 2. The summed E-state index contributed by atoms with van der Waals surface area (Å²) in [6.45, 7) is 3.81. The molecule has 2 aliphatic heterocycles. The molecule has 1 aromatic carbocycles. The van der Waals surface area contributed by atoms with Gasteiger partial charge in [-0.2, -0.15) is 0 Å². The Labute approximate surface area is 212 Å². The first-order valence-electron chi connectivity index (χ1n) is 12.2. The zero-order valence-corrected chi connectivity index (χ0v) is 21.4. The van der Waals surface area contributed by atoms with Crippen molar-refractivity contribution in [2.45, 2.75) is 57.8 Å². The minimum absolute atomic E-state index is 0.127. The molecule has 2 saturated heterocycles. The Balaban J connectivity index is 1.32. The molecule has 0 N–H and O–H groups in total. The van der Waals surface area contributed by atoms with E-state index in [0.717, 1.165) is 36.1 Å². The normalized spacial score (nSPS) is 20.7. The number of piperidine rings is 2. The van der Waals surface area contributed by atoms with Crippen LogP contribution < -0.4 is 9.80 Å². The standard InChI is InChI=1S/C26H29BrF2N4O2/c1-17-14-20(31-24(30-17)33-12-8-26(28,29)9-13-33)23(35)16-22(34)19-3-2-18(27)15-21(19)32-10-6-25(4-5-25)7-11-32/h2-3,14-15H,4-13,16H2,1H3. The highest BCUT2D eigenvalue weighted by molar-refractivity contribution is 9.10. The van der Waals surface area contributed by atoms with Gasteiger partial charge in [0.2, 0.25) is 5.95 Å². The molecule has 0 bridgehead atoms. The number of aromatic nitrogens is 2. The molecule has 1 aromatic heterocycles. The van der Waals surface area contributed by atoms with Gasteiger partial charge >= 0.3 is 0 Å². The van der Waals surface area contributed by atoms with Gasteiger partial charge in [-0.3, -0.25) is 9.59 Å². The lowest BCUT2D eigenvalue weighted by Crippen LogP contribution is -2.40. The number of ketones is 2. The summed E-state index contributed by atoms with van der Waals surface area (Å²) in [6, 6.07) is 7.12. The smallest absolute Gasteiger partial charge is 0.251 e. The second-order valence-corrected chi connectivity index (χ2v) is 11.1. The summed E-state index contributed by atoms with van der Waals surface area (Å²) in [4.78, 5) is 39.0. The molecule has 3 fully saturated rings. The SMILES string of the molecule is Cc1cc(C(=O)CC(=O)c2ccc(Br)cc2N2CCC3(CC2)CC3)nc(N2CCC(F)(F)CC2)n1. The third kappa shape index (κ3) is 5.39. The number of nitrogens with zero attached hydrogens (tertiary/aromatic N) is 4. The number of alkyl halides is 2. The second kappa shape index (κ2) is 9.22. The van der Waals surface area contributed by atoms with E-state index in [1.807, 2.05) is 12.1 Å². The highest BCUT2D eigenvalue weighted by atomic mass is 79.9. The van der Waals surface area contributed by atoms with Crippen molar-refractivity contribution >= 4 is 39.1 Å². The Morgan fingerprint density at radius 3 is 2.23 bits per heavy atom. The van der Waals surface area contributed by atoms with Gasteiger partial charge in [0.05, 0.1) is 6.42 Å². The van der Waals surface area contributed by atoms with E-state index in [9.17, 15) is 18.4 Å². The Morgan fingerprint density at radius 2 is 1.57 bits per heavy atom. The number of carbonyl (C=O) groups excluding carboxylic acids is 2. The topological polar surface area (TPSA) is 66.4 Å². The van der Waals surface area contributed by atoms with E-state index in [4.69, 9.17) is 0 Å². The first kappa shape index (κ1) is 24.3. The van der Waals surface area contributed by atoms with Gasteiger partial charge in [0.15, 0.2) is 11.6 Å². The average Bonchev–Trinajstić information content (AvgIpc) is 3.57. The van der Waals surface area contributed by atoms with E-state index in [0.29, 0.717) is 16.7 Å². The highest BCUT2D eigenvalue weighted by Gasteiger charge is 2.44. The minimum Gasteiger partial charge on any atom is -0.371 e. The molecular weight excluding hydrogens is 518 g/mol. The van der Waals surface area contributed by atoms with Crippen molar-refractivity contribution in [1.82, 2.24) is 9.97 Å². The molecule has 3 heterocycles. The van der Waals surface area contributed by atoms with Crippen LogP contribution in [0.3, 0.4) is 0 Å². The summed E-state index contributed by atoms with van der Waals surface area (Å²) >= 11 is 3.52. The maximum Gasteiger partial charge on any atom is 0.251 e. The molecule has 2 aromatic rings. The number of rotatable bonds is 6. The van der Waals surface area contributed by atoms with Crippen LogP contribution in [-0.2, 0) is 0 Å². The zero-order chi connectivity index (χ0) is 24.8. The molecule has 6 nitrogen and oxygen atoms in total. The lowest BCUT2D eigenvalue weighted by molar-refractivity contribution is -0.0222. The molecule has 1 aliphatic carbocycles. The van der Waals surface area contributed by atoms with Crippen LogP contribution in [0.5, 0.6) is 0 Å². The fraction of sp³-hybridized carbons (Fsp3) is 0.538. The predicted octanol–water partition coefficient (Wildman–Crippen LogP) is 5.62. The zero-order valence-electron chi connectivity index (χ0n) is 19.8. The van der Waals surface area contributed by atoms with E-state index in [1.165, 1.54) is 12.8 Å². The van der Waals surface area contributed by atoms with Crippen LogP contribution in [0.25, 0.3) is 0 Å². The third-order valence-corrected chi connectivity index (χ3v) is 8.10. The van der Waals surface area contributed by atoms with Gasteiger partial charge in [-0.05, 0) is 62.3 Å². The second-order valence-electron chi connectivity index (χ2n) is 10.2. The van der Waals surface area contributed by atoms with Crippen molar-refractivity contribution in [3.05, 3.63) is 45.7 Å². The van der Waals surface area contributed by atoms with Crippen molar-refractivity contribution in [2.75, 3.05) is 36.0 Å². The molecule has 0 unspecified atom stereocenters. The first-order chi connectivity index (χ1) is 16.6. The van der Waals surface area contributed by atoms with Crippen molar-refractivity contribution < 1.29 is 18.4 Å². The molecule has 0 atom stereocenters. The summed E-state index contributed by atoms with van der Waals surface area (Å²) < 4.78 is 28.0. The summed E-state index contributed by atoms with van der Waals surface area (Å²) in [6.07, 6.45) is 4.04. The third-order valence-electron chi connectivity index (χ3n) is 7.61. The van der Waals surface area contributed by atoms with Crippen LogP contribution >= 0.6 is 15.9 Å². The summed E-state index contributed by atoms with van der Waals surface area (Å²) in [5, 5.41) is 0. The fourth-order valence-electron chi connectivity index (χ4n) is 5.10. The predicted molar refractivity (Wildman–Crippen MR) is 134 cm³/mol. The number of carbonyl (C=O) groups is 2. The number of benzene rings is 1. The lowest BCUT2D eigenvalue weighted by Gasteiger charge is -2.35. The number of aryl methyl sites for hydroxylation is 1. The van der Waals surface area contributed by atoms with Gasteiger partial charge in [0.1, 0.15) is 5.69 Å². The van der Waals surface area contributed by atoms with Gasteiger partial charge < -0.3 is 9.80 Å². The molecule has 0 radical (unpaired) electrons. The Morgan fingerprint density at radius 1 is 0.914 bits per heavy atom. The van der Waals surface area contributed by atoms with Gasteiger partial charge in [-0.1, -0.05) is 15.9 Å². The minimum atomic E-state index is -2.68. The molecule has 186 valence electrons. The largest absolute Gasteiger partial charge is 0.371 e. The van der Waals surface area contributed by atoms with E-state index in [2.05, 4.69) is 30.8 Å². The number of halogens is 3. The van der Waals surface area contributed by atoms with Crippen LogP contribution in [0.15, 0.2) is 28.7 Å².